The number of thiazole rings is 1. The van der Waals surface area contributed by atoms with Gasteiger partial charge in [-0.3, -0.25) is 4.79 Å². The van der Waals surface area contributed by atoms with Crippen LogP contribution in [-0.2, 0) is 0 Å². The largest absolute Gasteiger partial charge is 0.349 e. The van der Waals surface area contributed by atoms with Crippen LogP contribution < -0.4 is 5.32 Å². The van der Waals surface area contributed by atoms with E-state index in [9.17, 15) is 4.79 Å². The monoisotopic (exact) mass is 280 g/mol. The topological polar surface area (TPSA) is 42.0 Å². The van der Waals surface area contributed by atoms with Crippen LogP contribution in [-0.4, -0.2) is 16.9 Å². The molecule has 96 valence electrons. The highest BCUT2D eigenvalue weighted by Crippen LogP contribution is 2.29. The first kappa shape index (κ1) is 13.2. The number of thiophene rings is 1. The maximum Gasteiger partial charge on any atom is 0.263 e. The third kappa shape index (κ3) is 2.79. The van der Waals surface area contributed by atoms with E-state index < -0.39 is 0 Å². The van der Waals surface area contributed by atoms with Crippen molar-refractivity contribution in [2.75, 3.05) is 0 Å². The molecule has 0 bridgehead atoms. The Balaban J connectivity index is 2.22. The lowest BCUT2D eigenvalue weighted by atomic mass is 10.2. The van der Waals surface area contributed by atoms with E-state index in [1.165, 1.54) is 11.3 Å². The van der Waals surface area contributed by atoms with E-state index in [4.69, 9.17) is 0 Å². The highest BCUT2D eigenvalue weighted by molar-refractivity contribution is 7.17. The SMILES string of the molecule is CCC(C)NC(=O)c1sc(-c2ccsc2)nc1C. The molecule has 2 aromatic rings. The van der Waals surface area contributed by atoms with Gasteiger partial charge in [-0.2, -0.15) is 11.3 Å². The predicted octanol–water partition coefficient (Wildman–Crippen LogP) is 3.71. The van der Waals surface area contributed by atoms with Gasteiger partial charge in [0.15, 0.2) is 0 Å². The van der Waals surface area contributed by atoms with Gasteiger partial charge >= 0.3 is 0 Å². The average Bonchev–Trinajstić information content (AvgIpc) is 2.97. The first-order chi connectivity index (χ1) is 8.61. The van der Waals surface area contributed by atoms with E-state index in [-0.39, 0.29) is 11.9 Å². The fourth-order valence-electron chi connectivity index (χ4n) is 1.51. The number of amides is 1. The standard InChI is InChI=1S/C13H16N2OS2/c1-4-8(2)14-12(16)11-9(3)15-13(18-11)10-5-6-17-7-10/h5-8H,4H2,1-3H3,(H,14,16). The quantitative estimate of drug-likeness (QED) is 0.927. The molecule has 0 saturated carbocycles. The number of aromatic nitrogens is 1. The zero-order valence-corrected chi connectivity index (χ0v) is 12.3. The number of carbonyl (C=O) groups excluding carboxylic acids is 1. The van der Waals surface area contributed by atoms with Gasteiger partial charge in [-0.15, -0.1) is 11.3 Å². The second-order valence-corrected chi connectivity index (χ2v) is 6.01. The van der Waals surface area contributed by atoms with Gasteiger partial charge in [0.25, 0.3) is 5.91 Å². The minimum atomic E-state index is -0.0131. The van der Waals surface area contributed by atoms with E-state index in [0.717, 1.165) is 27.6 Å². The van der Waals surface area contributed by atoms with Crippen LogP contribution in [0.5, 0.6) is 0 Å². The summed E-state index contributed by atoms with van der Waals surface area (Å²) in [4.78, 5) is 17.3. The van der Waals surface area contributed by atoms with Gasteiger partial charge in [-0.1, -0.05) is 6.92 Å². The number of rotatable bonds is 4. The van der Waals surface area contributed by atoms with Gasteiger partial charge < -0.3 is 5.32 Å². The second-order valence-electron chi connectivity index (χ2n) is 4.23. The summed E-state index contributed by atoms with van der Waals surface area (Å²) in [7, 11) is 0. The maximum absolute atomic E-state index is 12.1. The zero-order chi connectivity index (χ0) is 13.1. The number of hydrogen-bond acceptors (Lipinski definition) is 4. The van der Waals surface area contributed by atoms with E-state index in [0.29, 0.717) is 0 Å². The molecule has 0 saturated heterocycles. The van der Waals surface area contributed by atoms with Crippen molar-refractivity contribution >= 4 is 28.6 Å². The van der Waals surface area contributed by atoms with Crippen molar-refractivity contribution in [2.24, 2.45) is 0 Å². The maximum atomic E-state index is 12.1. The minimum Gasteiger partial charge on any atom is -0.349 e. The molecule has 0 aliphatic carbocycles. The van der Waals surface area contributed by atoms with Gasteiger partial charge in [0.1, 0.15) is 9.88 Å². The van der Waals surface area contributed by atoms with E-state index in [2.05, 4.69) is 22.6 Å². The van der Waals surface area contributed by atoms with Crippen LogP contribution in [0.1, 0.15) is 35.6 Å². The van der Waals surface area contributed by atoms with Crippen molar-refractivity contribution in [1.29, 1.82) is 0 Å². The molecule has 0 aliphatic heterocycles. The van der Waals surface area contributed by atoms with Gasteiger partial charge in [-0.05, 0) is 31.7 Å². The summed E-state index contributed by atoms with van der Waals surface area (Å²) in [5, 5.41) is 7.97. The van der Waals surface area contributed by atoms with Crippen LogP contribution in [0.25, 0.3) is 10.6 Å². The molecule has 0 fully saturated rings. The molecule has 2 aromatic heterocycles. The first-order valence-corrected chi connectivity index (χ1v) is 7.68. The van der Waals surface area contributed by atoms with E-state index in [1.807, 2.05) is 25.3 Å². The minimum absolute atomic E-state index is 0.0131. The van der Waals surface area contributed by atoms with E-state index in [1.54, 1.807) is 11.3 Å². The molecular formula is C13H16N2OS2. The zero-order valence-electron chi connectivity index (χ0n) is 10.7. The summed E-state index contributed by atoms with van der Waals surface area (Å²) in [6, 6.07) is 2.22. The van der Waals surface area contributed by atoms with Crippen molar-refractivity contribution < 1.29 is 4.79 Å². The van der Waals surface area contributed by atoms with Crippen LogP contribution in [0.2, 0.25) is 0 Å². The number of nitrogens with one attached hydrogen (secondary N) is 1. The summed E-state index contributed by atoms with van der Waals surface area (Å²) < 4.78 is 0. The molecule has 2 rings (SSSR count). The lowest BCUT2D eigenvalue weighted by Crippen LogP contribution is -2.31. The van der Waals surface area contributed by atoms with E-state index >= 15 is 0 Å². The molecule has 3 nitrogen and oxygen atoms in total. The van der Waals surface area contributed by atoms with Crippen molar-refractivity contribution in [1.82, 2.24) is 10.3 Å². The summed E-state index contributed by atoms with van der Waals surface area (Å²) in [5.74, 6) is -0.0131. The lowest BCUT2D eigenvalue weighted by molar-refractivity contribution is 0.0942. The van der Waals surface area contributed by atoms with Gasteiger partial charge in [0.05, 0.1) is 5.69 Å². The molecular weight excluding hydrogens is 264 g/mol. The van der Waals surface area contributed by atoms with Crippen LogP contribution >= 0.6 is 22.7 Å². The Morgan fingerprint density at radius 2 is 2.33 bits per heavy atom. The number of aryl methyl sites for hydroxylation is 1. The highest BCUT2D eigenvalue weighted by atomic mass is 32.1. The fourth-order valence-corrected chi connectivity index (χ4v) is 3.19. The molecule has 0 aromatic carbocycles. The molecule has 1 unspecified atom stereocenters. The normalized spacial score (nSPS) is 12.4. The van der Waals surface area contributed by atoms with Crippen molar-refractivity contribution in [3.05, 3.63) is 27.4 Å². The van der Waals surface area contributed by atoms with Crippen LogP contribution in [0.3, 0.4) is 0 Å². The average molecular weight is 280 g/mol. The number of nitrogens with zero attached hydrogens (tertiary/aromatic N) is 1. The van der Waals surface area contributed by atoms with Gasteiger partial charge in [0.2, 0.25) is 0 Å². The van der Waals surface area contributed by atoms with Gasteiger partial charge in [0, 0.05) is 17.0 Å². The number of carbonyl (C=O) groups is 1. The molecule has 0 spiro atoms. The Labute approximate surface area is 115 Å². The van der Waals surface area contributed by atoms with Crippen LogP contribution in [0.4, 0.5) is 0 Å². The Hall–Kier alpha value is -1.20. The third-order valence-corrected chi connectivity index (χ3v) is 4.65. The molecule has 1 atom stereocenters. The third-order valence-electron chi connectivity index (χ3n) is 2.76. The molecule has 1 amide bonds. The van der Waals surface area contributed by atoms with Crippen molar-refractivity contribution in [3.63, 3.8) is 0 Å². The Kier molecular flexibility index (Phi) is 4.14. The smallest absolute Gasteiger partial charge is 0.263 e. The summed E-state index contributed by atoms with van der Waals surface area (Å²) >= 11 is 3.10. The Morgan fingerprint density at radius 3 is 2.94 bits per heavy atom. The summed E-state index contributed by atoms with van der Waals surface area (Å²) in [6.07, 6.45) is 0.932. The second kappa shape index (κ2) is 5.63. The fraction of sp³-hybridized carbons (Fsp3) is 0.385. The van der Waals surface area contributed by atoms with Crippen LogP contribution in [0, 0.1) is 6.92 Å². The molecule has 5 heteroatoms. The first-order valence-electron chi connectivity index (χ1n) is 5.92. The Bertz CT molecular complexity index is 531. The van der Waals surface area contributed by atoms with Crippen LogP contribution in [0.15, 0.2) is 16.8 Å². The summed E-state index contributed by atoms with van der Waals surface area (Å²) in [5.41, 5.74) is 1.90. The lowest BCUT2D eigenvalue weighted by Gasteiger charge is -2.09. The number of hydrogen-bond donors (Lipinski definition) is 1. The molecule has 18 heavy (non-hydrogen) atoms. The van der Waals surface area contributed by atoms with Crippen molar-refractivity contribution in [2.45, 2.75) is 33.2 Å². The molecule has 1 N–H and O–H groups in total. The highest BCUT2D eigenvalue weighted by Gasteiger charge is 2.17. The summed E-state index contributed by atoms with van der Waals surface area (Å²) in [6.45, 7) is 5.95. The Morgan fingerprint density at radius 1 is 1.56 bits per heavy atom. The predicted molar refractivity (Wildman–Crippen MR) is 77.4 cm³/mol. The van der Waals surface area contributed by atoms with Gasteiger partial charge in [-0.25, -0.2) is 4.98 Å². The molecule has 0 radical (unpaired) electrons. The molecule has 0 aliphatic rings. The van der Waals surface area contributed by atoms with Crippen molar-refractivity contribution in [3.8, 4) is 10.6 Å². The molecule has 2 heterocycles.